The van der Waals surface area contributed by atoms with E-state index in [-0.39, 0.29) is 19.7 Å². The first-order valence-corrected chi connectivity index (χ1v) is 11.7. The van der Waals surface area contributed by atoms with Crippen molar-refractivity contribution < 1.29 is 31.9 Å². The van der Waals surface area contributed by atoms with Crippen LogP contribution in [0.4, 0.5) is 19.7 Å². The molecular weight excluding hydrogens is 455 g/mol. The van der Waals surface area contributed by atoms with Crippen LogP contribution < -0.4 is 15.5 Å². The van der Waals surface area contributed by atoms with Gasteiger partial charge in [-0.2, -0.15) is 4.31 Å². The maximum atomic E-state index is 14.0. The van der Waals surface area contributed by atoms with Crippen molar-refractivity contribution in [2.45, 2.75) is 18.9 Å². The van der Waals surface area contributed by atoms with Crippen molar-refractivity contribution >= 4 is 33.7 Å². The number of halogens is 1. The molecule has 0 aromatic heterocycles. The molecule has 33 heavy (non-hydrogen) atoms. The molecule has 3 aliphatic rings. The average Bonchev–Trinajstić information content (AvgIpc) is 3.27. The van der Waals surface area contributed by atoms with E-state index in [4.69, 9.17) is 4.74 Å². The molecule has 2 fully saturated rings. The zero-order valence-corrected chi connectivity index (χ0v) is 18.5. The van der Waals surface area contributed by atoms with E-state index in [2.05, 4.69) is 17.2 Å². The van der Waals surface area contributed by atoms with Gasteiger partial charge in [0, 0.05) is 24.2 Å². The SMILES string of the molecule is C[C@]1(CS(=O)(=O)N2CC=C(C#Cc3cc(F)cc(N4CCOC4=O)c3)CC2)NC(=O)NC1=O. The third-order valence-corrected chi connectivity index (χ3v) is 7.54. The van der Waals surface area contributed by atoms with Crippen LogP contribution >= 0.6 is 0 Å². The molecule has 3 heterocycles. The highest BCUT2D eigenvalue weighted by Gasteiger charge is 2.46. The first-order chi connectivity index (χ1) is 15.6. The summed E-state index contributed by atoms with van der Waals surface area (Å²) in [5.74, 6) is 4.00. The molecule has 1 aromatic rings. The summed E-state index contributed by atoms with van der Waals surface area (Å²) in [6.07, 6.45) is 1.45. The van der Waals surface area contributed by atoms with Crippen molar-refractivity contribution in [2.24, 2.45) is 0 Å². The molecule has 1 atom stereocenters. The van der Waals surface area contributed by atoms with Crippen LogP contribution in [-0.4, -0.2) is 68.3 Å². The fraction of sp³-hybridized carbons (Fsp3) is 0.381. The van der Waals surface area contributed by atoms with Gasteiger partial charge in [0.1, 0.15) is 18.0 Å². The van der Waals surface area contributed by atoms with E-state index in [1.807, 2.05) is 5.32 Å². The van der Waals surface area contributed by atoms with Crippen molar-refractivity contribution in [1.29, 1.82) is 0 Å². The Hall–Kier alpha value is -3.43. The zero-order chi connectivity index (χ0) is 23.8. The minimum absolute atomic E-state index is 0.0615. The summed E-state index contributed by atoms with van der Waals surface area (Å²) < 4.78 is 45.6. The zero-order valence-electron chi connectivity index (χ0n) is 17.7. The molecule has 4 rings (SSSR count). The largest absolute Gasteiger partial charge is 0.447 e. The number of benzene rings is 1. The van der Waals surface area contributed by atoms with Gasteiger partial charge in [-0.3, -0.25) is 15.0 Å². The van der Waals surface area contributed by atoms with Crippen LogP contribution in [-0.2, 0) is 19.6 Å². The number of carbonyl (C=O) groups excluding carboxylic acids is 3. The number of hydrogen-bond acceptors (Lipinski definition) is 6. The maximum Gasteiger partial charge on any atom is 0.414 e. The number of cyclic esters (lactones) is 1. The molecule has 174 valence electrons. The van der Waals surface area contributed by atoms with Gasteiger partial charge < -0.3 is 10.1 Å². The van der Waals surface area contributed by atoms with Gasteiger partial charge in [-0.15, -0.1) is 0 Å². The normalized spacial score (nSPS) is 23.4. The molecule has 0 saturated carbocycles. The number of anilines is 1. The molecule has 0 unspecified atom stereocenters. The van der Waals surface area contributed by atoms with Crippen LogP contribution in [0.5, 0.6) is 0 Å². The van der Waals surface area contributed by atoms with Crippen molar-refractivity contribution in [3.05, 3.63) is 41.2 Å². The van der Waals surface area contributed by atoms with Crippen molar-refractivity contribution in [2.75, 3.05) is 36.9 Å². The summed E-state index contributed by atoms with van der Waals surface area (Å²) in [6.45, 7) is 2.14. The molecule has 12 heteroatoms. The van der Waals surface area contributed by atoms with Gasteiger partial charge in [-0.25, -0.2) is 22.4 Å². The number of carbonyl (C=O) groups is 3. The number of nitrogens with one attached hydrogen (secondary N) is 2. The van der Waals surface area contributed by atoms with E-state index in [1.165, 1.54) is 28.3 Å². The molecule has 2 N–H and O–H groups in total. The predicted molar refractivity (Wildman–Crippen MR) is 115 cm³/mol. The average molecular weight is 476 g/mol. The maximum absolute atomic E-state index is 14.0. The van der Waals surface area contributed by atoms with Gasteiger partial charge in [0.05, 0.1) is 18.0 Å². The van der Waals surface area contributed by atoms with Gasteiger partial charge in [-0.05, 0) is 31.5 Å². The fourth-order valence-electron chi connectivity index (χ4n) is 3.74. The van der Waals surface area contributed by atoms with E-state index < -0.39 is 45.2 Å². The lowest BCUT2D eigenvalue weighted by atomic mass is 10.1. The molecular formula is C21H21FN4O6S. The first kappa shape index (κ1) is 22.8. The lowest BCUT2D eigenvalue weighted by molar-refractivity contribution is -0.122. The smallest absolute Gasteiger partial charge is 0.414 e. The number of hydrogen-bond donors (Lipinski definition) is 2. The second-order valence-electron chi connectivity index (χ2n) is 8.05. The Labute approximate surface area is 189 Å². The summed E-state index contributed by atoms with van der Waals surface area (Å²) in [5.41, 5.74) is -0.118. The second-order valence-corrected chi connectivity index (χ2v) is 10.0. The number of rotatable bonds is 4. The minimum Gasteiger partial charge on any atom is -0.447 e. The van der Waals surface area contributed by atoms with Crippen molar-refractivity contribution in [3.8, 4) is 11.8 Å². The third kappa shape index (κ3) is 4.84. The number of sulfonamides is 1. The lowest BCUT2D eigenvalue weighted by Gasteiger charge is -2.28. The van der Waals surface area contributed by atoms with E-state index >= 15 is 0 Å². The van der Waals surface area contributed by atoms with Gasteiger partial charge in [0.25, 0.3) is 5.91 Å². The molecule has 0 radical (unpaired) electrons. The molecule has 1 aromatic carbocycles. The monoisotopic (exact) mass is 476 g/mol. The number of urea groups is 1. The Balaban J connectivity index is 1.44. The highest BCUT2D eigenvalue weighted by atomic mass is 32.2. The number of ether oxygens (including phenoxy) is 1. The lowest BCUT2D eigenvalue weighted by Crippen LogP contribution is -2.52. The summed E-state index contributed by atoms with van der Waals surface area (Å²) in [6, 6.07) is 3.34. The van der Waals surface area contributed by atoms with Crippen LogP contribution in [0.3, 0.4) is 0 Å². The summed E-state index contributed by atoms with van der Waals surface area (Å²) in [4.78, 5) is 36.3. The van der Waals surface area contributed by atoms with Gasteiger partial charge in [0.15, 0.2) is 0 Å². The molecule has 0 aliphatic carbocycles. The van der Waals surface area contributed by atoms with E-state index in [9.17, 15) is 27.2 Å². The Bertz CT molecular complexity index is 1230. The van der Waals surface area contributed by atoms with E-state index in [0.717, 1.165) is 0 Å². The number of nitrogens with zero attached hydrogens (tertiary/aromatic N) is 2. The molecule has 4 amide bonds. The predicted octanol–water partition coefficient (Wildman–Crippen LogP) is 0.694. The van der Waals surface area contributed by atoms with Gasteiger partial charge >= 0.3 is 12.1 Å². The third-order valence-electron chi connectivity index (χ3n) is 5.48. The Morgan fingerprint density at radius 2 is 1.97 bits per heavy atom. The second kappa shape index (κ2) is 8.49. The van der Waals surface area contributed by atoms with Crippen LogP contribution in [0.15, 0.2) is 29.8 Å². The van der Waals surface area contributed by atoms with Crippen molar-refractivity contribution in [3.63, 3.8) is 0 Å². The summed E-state index contributed by atoms with van der Waals surface area (Å²) in [7, 11) is -3.83. The summed E-state index contributed by atoms with van der Waals surface area (Å²) in [5, 5.41) is 4.39. The quantitative estimate of drug-likeness (QED) is 0.487. The molecule has 0 bridgehead atoms. The Morgan fingerprint density at radius 1 is 1.18 bits per heavy atom. The molecule has 0 spiro atoms. The summed E-state index contributed by atoms with van der Waals surface area (Å²) >= 11 is 0. The Kier molecular flexibility index (Phi) is 5.85. The van der Waals surface area contributed by atoms with Crippen molar-refractivity contribution in [1.82, 2.24) is 14.9 Å². The minimum atomic E-state index is -3.83. The first-order valence-electron chi connectivity index (χ1n) is 10.1. The number of amides is 4. The Morgan fingerprint density at radius 3 is 2.58 bits per heavy atom. The highest BCUT2D eigenvalue weighted by Crippen LogP contribution is 2.22. The van der Waals surface area contributed by atoms with Crippen LogP contribution in [0.25, 0.3) is 0 Å². The highest BCUT2D eigenvalue weighted by molar-refractivity contribution is 7.89. The van der Waals surface area contributed by atoms with Crippen LogP contribution in [0.2, 0.25) is 0 Å². The van der Waals surface area contributed by atoms with Gasteiger partial charge in [0.2, 0.25) is 10.0 Å². The van der Waals surface area contributed by atoms with Gasteiger partial charge in [-0.1, -0.05) is 17.9 Å². The molecule has 2 saturated heterocycles. The fourth-order valence-corrected chi connectivity index (χ4v) is 5.52. The standard InChI is InChI=1S/C21H21FN4O6S/c1-21(18(27)23-19(28)24-21)13-33(30,31)25-6-4-14(5-7-25)2-3-15-10-16(22)12-17(11-15)26-8-9-32-20(26)29/h4,10-12H,5-9,13H2,1H3,(H2,23,24,27,28)/t21-/m1/s1. The van der Waals surface area contributed by atoms with Crippen LogP contribution in [0, 0.1) is 17.7 Å². The topological polar surface area (TPSA) is 125 Å². The van der Waals surface area contributed by atoms with E-state index in [0.29, 0.717) is 29.8 Å². The molecule has 3 aliphatic heterocycles. The van der Waals surface area contributed by atoms with Crippen LogP contribution in [0.1, 0.15) is 18.9 Å². The van der Waals surface area contributed by atoms with E-state index in [1.54, 1.807) is 12.1 Å². The molecule has 10 nitrogen and oxygen atoms in total. The number of imide groups is 1.